The van der Waals surface area contributed by atoms with Crippen LogP contribution in [0.4, 0.5) is 14.5 Å². The van der Waals surface area contributed by atoms with Gasteiger partial charge in [0, 0.05) is 40.5 Å². The Labute approximate surface area is 176 Å². The van der Waals surface area contributed by atoms with E-state index in [0.717, 1.165) is 17.1 Å². The number of aryl methyl sites for hydroxylation is 1. The number of hydrogen-bond donors (Lipinski definition) is 0. The van der Waals surface area contributed by atoms with Gasteiger partial charge in [-0.1, -0.05) is 35.9 Å². The predicted molar refractivity (Wildman–Crippen MR) is 113 cm³/mol. The summed E-state index contributed by atoms with van der Waals surface area (Å²) in [7, 11) is 0. The van der Waals surface area contributed by atoms with E-state index < -0.39 is 17.6 Å². The van der Waals surface area contributed by atoms with Gasteiger partial charge in [-0.3, -0.25) is 9.97 Å². The minimum atomic E-state index is -0.683. The van der Waals surface area contributed by atoms with Gasteiger partial charge in [0.15, 0.2) is 0 Å². The van der Waals surface area contributed by atoms with Gasteiger partial charge < -0.3 is 0 Å². The quantitative estimate of drug-likeness (QED) is 0.323. The molecule has 150 valence electrons. The first-order valence-electron chi connectivity index (χ1n) is 9.33. The van der Waals surface area contributed by atoms with E-state index in [2.05, 4.69) is 15.1 Å². The largest absolute Gasteiger partial charge is 0.261 e. The lowest BCUT2D eigenvalue weighted by Crippen LogP contribution is -2.07. The Bertz CT molecular complexity index is 1230. The molecule has 7 heteroatoms. The number of nitroso groups, excluding NO2 is 1. The van der Waals surface area contributed by atoms with Crippen molar-refractivity contribution in [3.05, 3.63) is 105 Å². The predicted octanol–water partition coefficient (Wildman–Crippen LogP) is 6.72. The fourth-order valence-electron chi connectivity index (χ4n) is 3.66. The zero-order chi connectivity index (χ0) is 21.1. The Morgan fingerprint density at radius 3 is 2.57 bits per heavy atom. The molecule has 2 heterocycles. The summed E-state index contributed by atoms with van der Waals surface area (Å²) in [6, 6.07) is 14.0. The lowest BCUT2D eigenvalue weighted by molar-refractivity contribution is 0.557. The van der Waals surface area contributed by atoms with Crippen molar-refractivity contribution >= 4 is 28.2 Å². The lowest BCUT2D eigenvalue weighted by atomic mass is 9.85. The minimum absolute atomic E-state index is 0.154. The molecule has 0 radical (unpaired) electrons. The fraction of sp³-hybridized carbons (Fsp3) is 0.130. The molecule has 4 aromatic rings. The van der Waals surface area contributed by atoms with Gasteiger partial charge in [0.1, 0.15) is 17.3 Å². The average Bonchev–Trinajstić information content (AvgIpc) is 2.74. The molecule has 0 bridgehead atoms. The third kappa shape index (κ3) is 4.04. The molecule has 2 aromatic carbocycles. The molecular formula is C23H16ClF2N3O. The van der Waals surface area contributed by atoms with Crippen molar-refractivity contribution in [1.29, 1.82) is 0 Å². The Morgan fingerprint density at radius 2 is 1.80 bits per heavy atom. The second-order valence-electron chi connectivity index (χ2n) is 6.89. The van der Waals surface area contributed by atoms with Crippen LogP contribution in [0.5, 0.6) is 0 Å². The Kier molecular flexibility index (Phi) is 5.77. The molecule has 0 spiro atoms. The third-order valence-electron chi connectivity index (χ3n) is 5.05. The van der Waals surface area contributed by atoms with Gasteiger partial charge in [-0.25, -0.2) is 8.78 Å². The van der Waals surface area contributed by atoms with Gasteiger partial charge >= 0.3 is 0 Å². The maximum atomic E-state index is 14.7. The van der Waals surface area contributed by atoms with Crippen LogP contribution in [0, 0.1) is 16.5 Å². The van der Waals surface area contributed by atoms with Crippen molar-refractivity contribution in [3.63, 3.8) is 0 Å². The van der Waals surface area contributed by atoms with Gasteiger partial charge in [0.05, 0.1) is 5.52 Å². The van der Waals surface area contributed by atoms with E-state index in [9.17, 15) is 13.7 Å². The molecule has 0 saturated heterocycles. The van der Waals surface area contributed by atoms with Crippen LogP contribution in [-0.4, -0.2) is 9.97 Å². The lowest BCUT2D eigenvalue weighted by Gasteiger charge is -2.20. The summed E-state index contributed by atoms with van der Waals surface area (Å²) in [5.41, 5.74) is 2.14. The third-order valence-corrected chi connectivity index (χ3v) is 5.29. The molecule has 0 fully saturated rings. The van der Waals surface area contributed by atoms with Crippen molar-refractivity contribution in [2.75, 3.05) is 0 Å². The molecule has 2 aromatic heterocycles. The van der Waals surface area contributed by atoms with E-state index in [-0.39, 0.29) is 11.3 Å². The fourth-order valence-corrected chi connectivity index (χ4v) is 3.85. The smallest absolute Gasteiger partial charge is 0.138 e. The Hall–Kier alpha value is -3.25. The summed E-state index contributed by atoms with van der Waals surface area (Å²) < 4.78 is 28.2. The van der Waals surface area contributed by atoms with E-state index in [1.54, 1.807) is 36.7 Å². The normalized spacial score (nSPS) is 12.1. The molecule has 30 heavy (non-hydrogen) atoms. The summed E-state index contributed by atoms with van der Waals surface area (Å²) in [6.07, 6.45) is 4.06. The molecule has 1 atom stereocenters. The molecule has 0 aliphatic rings. The molecule has 0 aliphatic carbocycles. The highest BCUT2D eigenvalue weighted by molar-refractivity contribution is 6.30. The maximum Gasteiger partial charge on any atom is 0.138 e. The monoisotopic (exact) mass is 423 g/mol. The molecule has 0 amide bonds. The Balaban J connectivity index is 1.82. The summed E-state index contributed by atoms with van der Waals surface area (Å²) in [5.74, 6) is -1.90. The van der Waals surface area contributed by atoms with Crippen molar-refractivity contribution in [1.82, 2.24) is 9.97 Å². The van der Waals surface area contributed by atoms with Crippen LogP contribution in [0.1, 0.15) is 29.2 Å². The number of hydrogen-bond acceptors (Lipinski definition) is 4. The summed E-state index contributed by atoms with van der Waals surface area (Å²) in [6.45, 7) is 0. The van der Waals surface area contributed by atoms with Crippen molar-refractivity contribution in [2.24, 2.45) is 5.18 Å². The van der Waals surface area contributed by atoms with Crippen molar-refractivity contribution in [2.45, 2.75) is 18.8 Å². The second kappa shape index (κ2) is 8.63. The first kappa shape index (κ1) is 20.0. The van der Waals surface area contributed by atoms with Gasteiger partial charge in [-0.05, 0) is 53.4 Å². The molecular weight excluding hydrogens is 408 g/mol. The molecule has 1 unspecified atom stereocenters. The van der Waals surface area contributed by atoms with Crippen LogP contribution in [-0.2, 0) is 6.42 Å². The van der Waals surface area contributed by atoms with E-state index in [4.69, 9.17) is 11.6 Å². The zero-order valence-electron chi connectivity index (χ0n) is 15.7. The van der Waals surface area contributed by atoms with E-state index in [0.29, 0.717) is 28.9 Å². The highest BCUT2D eigenvalue weighted by Gasteiger charge is 2.24. The van der Waals surface area contributed by atoms with Gasteiger partial charge in [0.2, 0.25) is 0 Å². The number of benzene rings is 2. The number of halogens is 3. The molecule has 0 N–H and O–H groups in total. The second-order valence-corrected chi connectivity index (χ2v) is 7.33. The van der Waals surface area contributed by atoms with Crippen LogP contribution >= 0.6 is 11.6 Å². The van der Waals surface area contributed by atoms with Crippen LogP contribution < -0.4 is 0 Å². The van der Waals surface area contributed by atoms with Crippen LogP contribution in [0.3, 0.4) is 0 Å². The molecule has 0 aliphatic heterocycles. The summed E-state index contributed by atoms with van der Waals surface area (Å²) in [5, 5.41) is 4.52. The number of rotatable bonds is 6. The Morgan fingerprint density at radius 1 is 0.967 bits per heavy atom. The first-order valence-corrected chi connectivity index (χ1v) is 9.71. The highest BCUT2D eigenvalue weighted by atomic mass is 35.5. The van der Waals surface area contributed by atoms with E-state index >= 15 is 0 Å². The SMILES string of the molecule is O=Nc1c(C(CCc2cc(Cl)ccn2)c2ccc(F)cc2F)ccc2cccnc12. The topological polar surface area (TPSA) is 55.2 Å². The van der Waals surface area contributed by atoms with E-state index in [1.807, 2.05) is 12.1 Å². The van der Waals surface area contributed by atoms with Crippen molar-refractivity contribution in [3.8, 4) is 0 Å². The number of pyridine rings is 2. The van der Waals surface area contributed by atoms with Crippen molar-refractivity contribution < 1.29 is 8.78 Å². The molecule has 0 saturated carbocycles. The van der Waals surface area contributed by atoms with E-state index in [1.165, 1.54) is 12.1 Å². The van der Waals surface area contributed by atoms with Gasteiger partial charge in [-0.2, -0.15) is 0 Å². The number of nitrogens with zero attached hydrogens (tertiary/aromatic N) is 3. The van der Waals surface area contributed by atoms with Gasteiger partial charge in [-0.15, -0.1) is 4.91 Å². The van der Waals surface area contributed by atoms with Crippen LogP contribution in [0.25, 0.3) is 10.9 Å². The number of aromatic nitrogens is 2. The summed E-state index contributed by atoms with van der Waals surface area (Å²) >= 11 is 6.04. The average molecular weight is 424 g/mol. The summed E-state index contributed by atoms with van der Waals surface area (Å²) in [4.78, 5) is 20.3. The minimum Gasteiger partial charge on any atom is -0.261 e. The molecule has 4 rings (SSSR count). The first-order chi connectivity index (χ1) is 14.6. The standard InChI is InChI=1S/C23H16ClF2N3O/c24-15-9-11-27-17(12-15)5-8-18(19-7-4-16(25)13-21(19)26)20-6-3-14-2-1-10-28-22(14)23(20)29-30/h1-4,6-7,9-13,18H,5,8H2. The zero-order valence-corrected chi connectivity index (χ0v) is 16.5. The van der Waals surface area contributed by atoms with Gasteiger partial charge in [0.25, 0.3) is 0 Å². The number of fused-ring (bicyclic) bond motifs is 1. The maximum absolute atomic E-state index is 14.7. The molecule has 4 nitrogen and oxygen atoms in total. The van der Waals surface area contributed by atoms with Crippen LogP contribution in [0.2, 0.25) is 5.02 Å². The highest BCUT2D eigenvalue weighted by Crippen LogP contribution is 2.40. The van der Waals surface area contributed by atoms with Crippen LogP contribution in [0.15, 0.2) is 72.2 Å².